The lowest BCUT2D eigenvalue weighted by Crippen LogP contribution is -2.24. The number of carbonyl (C=O) groups excluding carboxylic acids is 2. The van der Waals surface area contributed by atoms with E-state index in [2.05, 4.69) is 20.8 Å². The van der Waals surface area contributed by atoms with E-state index >= 15 is 0 Å². The van der Waals surface area contributed by atoms with Crippen LogP contribution in [0.5, 0.6) is 0 Å². The molecular weight excluding hydrogens is 329 g/mol. The zero-order valence-corrected chi connectivity index (χ0v) is 13.1. The molecule has 0 spiro atoms. The summed E-state index contributed by atoms with van der Waals surface area (Å²) in [4.78, 5) is 23.7. The fourth-order valence-electron chi connectivity index (χ4n) is 2.00. The summed E-state index contributed by atoms with van der Waals surface area (Å²) in [6.07, 6.45) is -3.16. The average Bonchev–Trinajstić information content (AvgIpc) is 3.01. The number of hydrogen-bond donors (Lipinski definition) is 2. The Morgan fingerprint density at radius 2 is 1.96 bits per heavy atom. The molecule has 2 aromatic heterocycles. The minimum Gasteiger partial charge on any atom is -0.354 e. The molecule has 2 amide bonds. The molecule has 0 atom stereocenters. The number of nitrogens with one attached hydrogen (secondary N) is 2. The first-order chi connectivity index (χ1) is 11.1. The van der Waals surface area contributed by atoms with Crippen LogP contribution in [-0.4, -0.2) is 38.4 Å². The standard InChI is InChI=1S/C13H15F3N6O2/c1-7-4-9(13(14,15)16)19-22(7)6-10(23)18-8-5-21(3)20-11(8)12(24)17-2/h4-5H,6H2,1-3H3,(H,17,24)(H,18,23). The van der Waals surface area contributed by atoms with Crippen LogP contribution in [0, 0.1) is 6.92 Å². The van der Waals surface area contributed by atoms with Gasteiger partial charge in [0.1, 0.15) is 6.54 Å². The van der Waals surface area contributed by atoms with Crippen LogP contribution in [-0.2, 0) is 24.6 Å². The molecule has 0 aliphatic heterocycles. The van der Waals surface area contributed by atoms with Gasteiger partial charge in [-0.1, -0.05) is 0 Å². The third-order valence-corrected chi connectivity index (χ3v) is 3.11. The van der Waals surface area contributed by atoms with Gasteiger partial charge in [0.2, 0.25) is 5.91 Å². The van der Waals surface area contributed by atoms with Gasteiger partial charge in [0.15, 0.2) is 11.4 Å². The summed E-state index contributed by atoms with van der Waals surface area (Å²) in [6, 6.07) is 0.854. The van der Waals surface area contributed by atoms with E-state index in [1.165, 1.54) is 24.9 Å². The van der Waals surface area contributed by atoms with Gasteiger partial charge >= 0.3 is 6.18 Å². The van der Waals surface area contributed by atoms with Gasteiger partial charge in [-0.05, 0) is 13.0 Å². The highest BCUT2D eigenvalue weighted by molar-refractivity contribution is 6.02. The second-order valence-electron chi connectivity index (χ2n) is 5.02. The number of alkyl halides is 3. The van der Waals surface area contributed by atoms with Crippen molar-refractivity contribution in [3.05, 3.63) is 29.3 Å². The first-order valence-electron chi connectivity index (χ1n) is 6.79. The number of rotatable bonds is 4. The highest BCUT2D eigenvalue weighted by Crippen LogP contribution is 2.28. The summed E-state index contributed by atoms with van der Waals surface area (Å²) in [5.74, 6) is -1.13. The number of hydrogen-bond acceptors (Lipinski definition) is 4. The fourth-order valence-corrected chi connectivity index (χ4v) is 2.00. The van der Waals surface area contributed by atoms with E-state index in [0.717, 1.165) is 10.7 Å². The van der Waals surface area contributed by atoms with Crippen molar-refractivity contribution in [1.29, 1.82) is 0 Å². The maximum Gasteiger partial charge on any atom is 0.435 e. The van der Waals surface area contributed by atoms with E-state index in [0.29, 0.717) is 0 Å². The van der Waals surface area contributed by atoms with Crippen LogP contribution >= 0.6 is 0 Å². The second kappa shape index (κ2) is 6.34. The summed E-state index contributed by atoms with van der Waals surface area (Å²) in [5.41, 5.74) is -0.723. The number of aryl methyl sites for hydroxylation is 2. The van der Waals surface area contributed by atoms with Crippen LogP contribution in [0.25, 0.3) is 0 Å². The Morgan fingerprint density at radius 1 is 1.29 bits per heavy atom. The fraction of sp³-hybridized carbons (Fsp3) is 0.385. The van der Waals surface area contributed by atoms with Crippen LogP contribution in [0.3, 0.4) is 0 Å². The van der Waals surface area contributed by atoms with Crippen LogP contribution in [0.1, 0.15) is 21.9 Å². The second-order valence-corrected chi connectivity index (χ2v) is 5.02. The highest BCUT2D eigenvalue weighted by atomic mass is 19.4. The molecule has 2 aromatic rings. The van der Waals surface area contributed by atoms with Crippen LogP contribution in [0.15, 0.2) is 12.3 Å². The first kappa shape index (κ1) is 17.5. The minimum atomic E-state index is -4.58. The topological polar surface area (TPSA) is 93.8 Å². The van der Waals surface area contributed by atoms with Gasteiger partial charge in [0.25, 0.3) is 5.91 Å². The Hall–Kier alpha value is -2.85. The summed E-state index contributed by atoms with van der Waals surface area (Å²) in [7, 11) is 2.98. The van der Waals surface area contributed by atoms with Crippen molar-refractivity contribution in [3.8, 4) is 0 Å². The third-order valence-electron chi connectivity index (χ3n) is 3.11. The Morgan fingerprint density at radius 3 is 2.50 bits per heavy atom. The van der Waals surface area contributed by atoms with Crippen molar-refractivity contribution in [2.75, 3.05) is 12.4 Å². The number of nitrogens with zero attached hydrogens (tertiary/aromatic N) is 4. The summed E-state index contributed by atoms with van der Waals surface area (Å²) in [5, 5.41) is 12.1. The normalized spacial score (nSPS) is 11.4. The molecule has 0 unspecified atom stereocenters. The van der Waals surface area contributed by atoms with Crippen molar-refractivity contribution >= 4 is 17.5 Å². The SMILES string of the molecule is CNC(=O)c1nn(C)cc1NC(=O)Cn1nc(C(F)(F)F)cc1C. The maximum atomic E-state index is 12.6. The molecule has 0 bridgehead atoms. The number of aromatic nitrogens is 4. The van der Waals surface area contributed by atoms with E-state index < -0.39 is 30.2 Å². The molecule has 0 aromatic carbocycles. The maximum absolute atomic E-state index is 12.6. The number of halogens is 3. The van der Waals surface area contributed by atoms with Gasteiger partial charge in [-0.2, -0.15) is 23.4 Å². The molecule has 2 heterocycles. The van der Waals surface area contributed by atoms with Crippen molar-refractivity contribution in [3.63, 3.8) is 0 Å². The minimum absolute atomic E-state index is 0.00141. The lowest BCUT2D eigenvalue weighted by Gasteiger charge is -2.06. The quantitative estimate of drug-likeness (QED) is 0.863. The summed E-state index contributed by atoms with van der Waals surface area (Å²) < 4.78 is 40.1. The average molecular weight is 344 g/mol. The van der Waals surface area contributed by atoms with Gasteiger partial charge < -0.3 is 10.6 Å². The molecule has 8 nitrogen and oxygen atoms in total. The lowest BCUT2D eigenvalue weighted by atomic mass is 10.3. The zero-order valence-electron chi connectivity index (χ0n) is 13.1. The highest BCUT2D eigenvalue weighted by Gasteiger charge is 2.34. The zero-order chi connectivity index (χ0) is 18.1. The van der Waals surface area contributed by atoms with Gasteiger partial charge in [-0.3, -0.25) is 19.0 Å². The number of anilines is 1. The van der Waals surface area contributed by atoms with Crippen molar-refractivity contribution < 1.29 is 22.8 Å². The first-order valence-corrected chi connectivity index (χ1v) is 6.79. The Labute approximate surface area is 134 Å². The van der Waals surface area contributed by atoms with Crippen molar-refractivity contribution in [2.24, 2.45) is 7.05 Å². The monoisotopic (exact) mass is 344 g/mol. The van der Waals surface area contributed by atoms with E-state index in [1.807, 2.05) is 0 Å². The molecule has 11 heteroatoms. The predicted molar refractivity (Wildman–Crippen MR) is 77.2 cm³/mol. The van der Waals surface area contributed by atoms with Crippen LogP contribution in [0.4, 0.5) is 18.9 Å². The summed E-state index contributed by atoms with van der Waals surface area (Å²) >= 11 is 0. The smallest absolute Gasteiger partial charge is 0.354 e. The molecule has 0 aliphatic rings. The van der Waals surface area contributed by atoms with E-state index in [4.69, 9.17) is 0 Å². The van der Waals surface area contributed by atoms with Crippen molar-refractivity contribution in [2.45, 2.75) is 19.6 Å². The van der Waals surface area contributed by atoms with E-state index in [-0.39, 0.29) is 17.1 Å². The third kappa shape index (κ3) is 3.73. The van der Waals surface area contributed by atoms with Gasteiger partial charge in [0.05, 0.1) is 5.69 Å². The van der Waals surface area contributed by atoms with Crippen molar-refractivity contribution in [1.82, 2.24) is 24.9 Å². The van der Waals surface area contributed by atoms with Crippen LogP contribution in [0.2, 0.25) is 0 Å². The Bertz CT molecular complexity index is 777. The molecule has 130 valence electrons. The van der Waals surface area contributed by atoms with Crippen LogP contribution < -0.4 is 10.6 Å². The molecule has 2 rings (SSSR count). The molecule has 0 aliphatic carbocycles. The molecule has 0 saturated carbocycles. The molecule has 2 N–H and O–H groups in total. The molecular formula is C13H15F3N6O2. The molecule has 0 saturated heterocycles. The molecule has 0 fully saturated rings. The number of amides is 2. The summed E-state index contributed by atoms with van der Waals surface area (Å²) in [6.45, 7) is 0.986. The molecule has 0 radical (unpaired) electrons. The van der Waals surface area contributed by atoms with Gasteiger partial charge in [-0.25, -0.2) is 0 Å². The van der Waals surface area contributed by atoms with E-state index in [9.17, 15) is 22.8 Å². The predicted octanol–water partition coefficient (Wildman–Crippen LogP) is 0.942. The Balaban J connectivity index is 2.15. The lowest BCUT2D eigenvalue weighted by molar-refractivity contribution is -0.141. The Kier molecular flexibility index (Phi) is 4.62. The largest absolute Gasteiger partial charge is 0.435 e. The van der Waals surface area contributed by atoms with Gasteiger partial charge in [0, 0.05) is 26.0 Å². The number of carbonyl (C=O) groups is 2. The van der Waals surface area contributed by atoms with Gasteiger partial charge in [-0.15, -0.1) is 0 Å². The van der Waals surface area contributed by atoms with E-state index in [1.54, 1.807) is 7.05 Å². The molecule has 24 heavy (non-hydrogen) atoms.